The first-order chi connectivity index (χ1) is 10.8. The minimum atomic E-state index is -0.462. The van der Waals surface area contributed by atoms with Crippen LogP contribution in [-0.4, -0.2) is 53.0 Å². The lowest BCUT2D eigenvalue weighted by Crippen LogP contribution is -2.52. The van der Waals surface area contributed by atoms with Crippen molar-refractivity contribution in [1.82, 2.24) is 10.2 Å². The number of hydrogen-bond donors (Lipinski definition) is 2. The second kappa shape index (κ2) is 6.60. The number of amides is 1. The lowest BCUT2D eigenvalue weighted by Gasteiger charge is -2.39. The highest BCUT2D eigenvalue weighted by Crippen LogP contribution is 2.38. The molecule has 1 aliphatic heterocycles. The zero-order chi connectivity index (χ0) is 16.6. The van der Waals surface area contributed by atoms with Crippen molar-refractivity contribution >= 4 is 6.09 Å². The van der Waals surface area contributed by atoms with Gasteiger partial charge in [-0.25, -0.2) is 4.79 Å². The van der Waals surface area contributed by atoms with Crippen molar-refractivity contribution in [2.45, 2.75) is 83.1 Å². The maximum absolute atomic E-state index is 12.1. The molecule has 132 valence electrons. The molecule has 5 nitrogen and oxygen atoms in total. The van der Waals surface area contributed by atoms with Gasteiger partial charge in [0.1, 0.15) is 5.60 Å². The summed E-state index contributed by atoms with van der Waals surface area (Å²) in [7, 11) is 0. The summed E-state index contributed by atoms with van der Waals surface area (Å²) < 4.78 is 5.40. The van der Waals surface area contributed by atoms with Gasteiger partial charge < -0.3 is 15.2 Å². The van der Waals surface area contributed by atoms with Crippen molar-refractivity contribution in [1.29, 1.82) is 0 Å². The highest BCUT2D eigenvalue weighted by atomic mass is 16.6. The van der Waals surface area contributed by atoms with Crippen LogP contribution in [0.3, 0.4) is 0 Å². The van der Waals surface area contributed by atoms with Crippen LogP contribution >= 0.6 is 0 Å². The Balaban J connectivity index is 1.54. The highest BCUT2D eigenvalue weighted by molar-refractivity contribution is 5.68. The van der Waals surface area contributed by atoms with Crippen LogP contribution in [0.5, 0.6) is 0 Å². The van der Waals surface area contributed by atoms with Crippen molar-refractivity contribution in [3.63, 3.8) is 0 Å². The molecule has 0 aromatic heterocycles. The second-order valence-electron chi connectivity index (χ2n) is 8.77. The van der Waals surface area contributed by atoms with Gasteiger partial charge in [-0.2, -0.15) is 0 Å². The van der Waals surface area contributed by atoms with E-state index in [0.29, 0.717) is 17.9 Å². The smallest absolute Gasteiger partial charge is 0.407 e. The summed E-state index contributed by atoms with van der Waals surface area (Å²) in [6.45, 7) is 7.65. The van der Waals surface area contributed by atoms with Gasteiger partial charge in [-0.3, -0.25) is 4.90 Å². The van der Waals surface area contributed by atoms with Gasteiger partial charge in [0, 0.05) is 25.2 Å². The van der Waals surface area contributed by atoms with E-state index in [9.17, 15) is 9.90 Å². The molecule has 2 saturated carbocycles. The molecule has 0 spiro atoms. The molecule has 1 heterocycles. The Bertz CT molecular complexity index is 424. The molecular weight excluding hydrogens is 292 g/mol. The van der Waals surface area contributed by atoms with Gasteiger partial charge in [-0.05, 0) is 71.1 Å². The first-order valence-corrected chi connectivity index (χ1v) is 9.22. The number of nitrogens with one attached hydrogen (secondary N) is 1. The Morgan fingerprint density at radius 1 is 1.26 bits per heavy atom. The number of aliphatic hydroxyl groups excluding tert-OH is 1. The minimum absolute atomic E-state index is 0.135. The van der Waals surface area contributed by atoms with Gasteiger partial charge >= 0.3 is 6.09 Å². The van der Waals surface area contributed by atoms with E-state index in [1.54, 1.807) is 0 Å². The number of carbonyl (C=O) groups is 1. The van der Waals surface area contributed by atoms with Crippen LogP contribution in [-0.2, 0) is 4.74 Å². The van der Waals surface area contributed by atoms with Crippen molar-refractivity contribution in [3.05, 3.63) is 0 Å². The topological polar surface area (TPSA) is 61.8 Å². The normalized spacial score (nSPS) is 30.8. The molecule has 0 aromatic rings. The largest absolute Gasteiger partial charge is 0.444 e. The molecule has 1 amide bonds. The zero-order valence-corrected chi connectivity index (χ0v) is 14.8. The lowest BCUT2D eigenvalue weighted by atomic mass is 9.88. The van der Waals surface area contributed by atoms with E-state index >= 15 is 0 Å². The maximum atomic E-state index is 12.1. The van der Waals surface area contributed by atoms with Gasteiger partial charge in [0.05, 0.1) is 6.10 Å². The summed E-state index contributed by atoms with van der Waals surface area (Å²) in [6.07, 6.45) is 6.27. The standard InChI is InChI=1S/C18H32N2O3/c1-18(2,3)23-17(22)19-14-8-12(9-16(21)13-4-5-13)10-20(11-14)15-6-7-15/h12-16,21H,4-11H2,1-3H3,(H,19,22). The van der Waals surface area contributed by atoms with E-state index in [0.717, 1.165) is 25.9 Å². The van der Waals surface area contributed by atoms with Crippen LogP contribution in [0.2, 0.25) is 0 Å². The molecule has 1 saturated heterocycles. The van der Waals surface area contributed by atoms with Gasteiger partial charge in [0.15, 0.2) is 0 Å². The molecular formula is C18H32N2O3. The van der Waals surface area contributed by atoms with Crippen molar-refractivity contribution < 1.29 is 14.6 Å². The zero-order valence-electron chi connectivity index (χ0n) is 14.8. The Kier molecular flexibility index (Phi) is 4.88. The number of piperidine rings is 1. The number of nitrogens with zero attached hydrogens (tertiary/aromatic N) is 1. The maximum Gasteiger partial charge on any atom is 0.407 e. The fourth-order valence-corrected chi connectivity index (χ4v) is 3.74. The Morgan fingerprint density at radius 2 is 1.96 bits per heavy atom. The molecule has 3 rings (SSSR count). The van der Waals surface area contributed by atoms with Crippen LogP contribution in [0.4, 0.5) is 4.79 Å². The number of likely N-dealkylation sites (tertiary alicyclic amines) is 1. The average molecular weight is 324 g/mol. The van der Waals surface area contributed by atoms with E-state index in [1.165, 1.54) is 25.7 Å². The van der Waals surface area contributed by atoms with Crippen LogP contribution in [0.1, 0.15) is 59.3 Å². The molecule has 0 bridgehead atoms. The summed E-state index contributed by atoms with van der Waals surface area (Å²) in [5.41, 5.74) is -0.462. The number of ether oxygens (including phenoxy) is 1. The SMILES string of the molecule is CC(C)(C)OC(=O)NC1CC(CC(O)C2CC2)CN(C2CC2)C1. The van der Waals surface area contributed by atoms with Crippen LogP contribution in [0.25, 0.3) is 0 Å². The third-order valence-electron chi connectivity index (χ3n) is 5.09. The molecule has 3 fully saturated rings. The summed E-state index contributed by atoms with van der Waals surface area (Å²) in [4.78, 5) is 14.6. The number of rotatable bonds is 5. The Morgan fingerprint density at radius 3 is 2.52 bits per heavy atom. The predicted molar refractivity (Wildman–Crippen MR) is 89.2 cm³/mol. The summed E-state index contributed by atoms with van der Waals surface area (Å²) in [5, 5.41) is 13.3. The Labute approximate surface area is 139 Å². The lowest BCUT2D eigenvalue weighted by molar-refractivity contribution is 0.0398. The quantitative estimate of drug-likeness (QED) is 0.816. The summed E-state index contributed by atoms with van der Waals surface area (Å²) in [5.74, 6) is 1.00. The fraction of sp³-hybridized carbons (Fsp3) is 0.944. The van der Waals surface area contributed by atoms with Gasteiger partial charge in [0.25, 0.3) is 0 Å². The molecule has 0 radical (unpaired) electrons. The molecule has 2 aliphatic carbocycles. The van der Waals surface area contributed by atoms with Gasteiger partial charge in [0.2, 0.25) is 0 Å². The van der Waals surface area contributed by atoms with Crippen LogP contribution in [0.15, 0.2) is 0 Å². The Hall–Kier alpha value is -0.810. The first kappa shape index (κ1) is 17.0. The van der Waals surface area contributed by atoms with E-state index in [4.69, 9.17) is 4.74 Å². The van der Waals surface area contributed by atoms with Gasteiger partial charge in [-0.15, -0.1) is 0 Å². The second-order valence-corrected chi connectivity index (χ2v) is 8.77. The molecule has 3 atom stereocenters. The van der Waals surface area contributed by atoms with Crippen LogP contribution in [0, 0.1) is 11.8 Å². The summed E-state index contributed by atoms with van der Waals surface area (Å²) >= 11 is 0. The van der Waals surface area contributed by atoms with Crippen LogP contribution < -0.4 is 5.32 Å². The third kappa shape index (κ3) is 5.35. The highest BCUT2D eigenvalue weighted by Gasteiger charge is 2.39. The summed E-state index contributed by atoms with van der Waals surface area (Å²) in [6, 6.07) is 0.828. The molecule has 23 heavy (non-hydrogen) atoms. The minimum Gasteiger partial charge on any atom is -0.444 e. The molecule has 2 N–H and O–H groups in total. The number of hydrogen-bond acceptors (Lipinski definition) is 4. The third-order valence-corrected chi connectivity index (χ3v) is 5.09. The van der Waals surface area contributed by atoms with E-state index in [1.807, 2.05) is 20.8 Å². The van der Waals surface area contributed by atoms with E-state index in [-0.39, 0.29) is 18.2 Å². The van der Waals surface area contributed by atoms with Gasteiger partial charge in [-0.1, -0.05) is 0 Å². The molecule has 3 unspecified atom stereocenters. The number of carbonyl (C=O) groups excluding carboxylic acids is 1. The predicted octanol–water partition coefficient (Wildman–Crippen LogP) is 2.53. The molecule has 3 aliphatic rings. The molecule has 0 aromatic carbocycles. The van der Waals surface area contributed by atoms with Crippen molar-refractivity contribution in [2.75, 3.05) is 13.1 Å². The van der Waals surface area contributed by atoms with E-state index < -0.39 is 5.60 Å². The fourth-order valence-electron chi connectivity index (χ4n) is 3.74. The molecule has 5 heteroatoms. The number of alkyl carbamates (subject to hydrolysis) is 1. The number of aliphatic hydroxyl groups is 1. The van der Waals surface area contributed by atoms with Crippen molar-refractivity contribution in [3.8, 4) is 0 Å². The van der Waals surface area contributed by atoms with E-state index in [2.05, 4.69) is 10.2 Å². The monoisotopic (exact) mass is 324 g/mol. The van der Waals surface area contributed by atoms with Crippen molar-refractivity contribution in [2.24, 2.45) is 11.8 Å². The first-order valence-electron chi connectivity index (χ1n) is 9.22. The average Bonchev–Trinajstić information content (AvgIpc) is 3.26.